The molecule has 1 aliphatic carbocycles. The molecular weight excluding hydrogens is 252 g/mol. The maximum Gasteiger partial charge on any atom is 0.251 e. The first-order valence-corrected chi connectivity index (χ1v) is 7.35. The van der Waals surface area contributed by atoms with Crippen LogP contribution in [0.2, 0.25) is 0 Å². The normalized spacial score (nSPS) is 15.6. The monoisotopic (exact) mass is 274 g/mol. The minimum Gasteiger partial charge on any atom is -0.354 e. The molecule has 1 aromatic carbocycles. The average Bonchev–Trinajstić information content (AvgIpc) is 2.52. The van der Waals surface area contributed by atoms with Gasteiger partial charge in [-0.3, -0.25) is 9.59 Å². The van der Waals surface area contributed by atoms with Crippen molar-refractivity contribution in [2.24, 2.45) is 5.92 Å². The average molecular weight is 274 g/mol. The van der Waals surface area contributed by atoms with Crippen LogP contribution in [-0.4, -0.2) is 24.9 Å². The topological polar surface area (TPSA) is 58.2 Å². The van der Waals surface area contributed by atoms with E-state index in [1.54, 1.807) is 24.3 Å². The zero-order chi connectivity index (χ0) is 14.2. The minimum absolute atomic E-state index is 0.0421. The van der Waals surface area contributed by atoms with E-state index >= 15 is 0 Å². The van der Waals surface area contributed by atoms with Crippen LogP contribution < -0.4 is 10.6 Å². The van der Waals surface area contributed by atoms with Crippen LogP contribution >= 0.6 is 0 Å². The minimum atomic E-state index is -0.210. The van der Waals surface area contributed by atoms with E-state index in [0.717, 1.165) is 6.54 Å². The SMILES string of the molecule is O=C(CNC(=O)c1ccccc1)NCC1CCCCC1. The summed E-state index contributed by atoms with van der Waals surface area (Å²) in [5.74, 6) is 0.288. The summed E-state index contributed by atoms with van der Waals surface area (Å²) in [7, 11) is 0. The zero-order valence-electron chi connectivity index (χ0n) is 11.7. The molecule has 0 atom stereocenters. The lowest BCUT2D eigenvalue weighted by molar-refractivity contribution is -0.120. The standard InChI is InChI=1S/C16H22N2O2/c19-15(17-11-13-7-3-1-4-8-13)12-18-16(20)14-9-5-2-6-10-14/h2,5-6,9-10,13H,1,3-4,7-8,11-12H2,(H,17,19)(H,18,20). The Bertz CT molecular complexity index is 439. The van der Waals surface area contributed by atoms with Crippen molar-refractivity contribution in [3.63, 3.8) is 0 Å². The summed E-state index contributed by atoms with van der Waals surface area (Å²) in [6, 6.07) is 8.92. The Balaban J connectivity index is 1.66. The molecule has 4 heteroatoms. The van der Waals surface area contributed by atoms with Crippen LogP contribution in [0.1, 0.15) is 42.5 Å². The number of rotatable bonds is 5. The first kappa shape index (κ1) is 14.6. The molecule has 0 spiro atoms. The zero-order valence-corrected chi connectivity index (χ0v) is 11.7. The van der Waals surface area contributed by atoms with Gasteiger partial charge in [0.2, 0.25) is 5.91 Å². The van der Waals surface area contributed by atoms with E-state index in [0.29, 0.717) is 11.5 Å². The molecule has 0 radical (unpaired) electrons. The molecule has 2 rings (SSSR count). The lowest BCUT2D eigenvalue weighted by atomic mass is 9.89. The lowest BCUT2D eigenvalue weighted by Crippen LogP contribution is -2.39. The van der Waals surface area contributed by atoms with Crippen molar-refractivity contribution >= 4 is 11.8 Å². The highest BCUT2D eigenvalue weighted by Gasteiger charge is 2.14. The fourth-order valence-electron chi connectivity index (χ4n) is 2.56. The van der Waals surface area contributed by atoms with Crippen LogP contribution in [0, 0.1) is 5.92 Å². The van der Waals surface area contributed by atoms with Gasteiger partial charge in [0.1, 0.15) is 0 Å². The molecule has 0 bridgehead atoms. The molecule has 1 aliphatic rings. The van der Waals surface area contributed by atoms with E-state index in [4.69, 9.17) is 0 Å². The molecule has 0 aliphatic heterocycles. The summed E-state index contributed by atoms with van der Waals surface area (Å²) in [6.45, 7) is 0.778. The van der Waals surface area contributed by atoms with Crippen molar-refractivity contribution in [1.82, 2.24) is 10.6 Å². The molecule has 2 N–H and O–H groups in total. The first-order valence-electron chi connectivity index (χ1n) is 7.35. The summed E-state index contributed by atoms with van der Waals surface area (Å²) < 4.78 is 0. The molecule has 1 saturated carbocycles. The highest BCUT2D eigenvalue weighted by molar-refractivity contribution is 5.96. The van der Waals surface area contributed by atoms with Gasteiger partial charge in [-0.2, -0.15) is 0 Å². The van der Waals surface area contributed by atoms with Gasteiger partial charge < -0.3 is 10.6 Å². The molecule has 0 heterocycles. The number of amides is 2. The summed E-state index contributed by atoms with van der Waals surface area (Å²) in [5.41, 5.74) is 0.576. The molecule has 1 aromatic rings. The van der Waals surface area contributed by atoms with Gasteiger partial charge in [0.05, 0.1) is 6.54 Å². The second kappa shape index (κ2) is 7.68. The molecule has 0 aromatic heterocycles. The fraction of sp³-hybridized carbons (Fsp3) is 0.500. The Morgan fingerprint density at radius 3 is 2.40 bits per heavy atom. The Labute approximate surface area is 119 Å². The molecule has 2 amide bonds. The van der Waals surface area contributed by atoms with Crippen LogP contribution in [0.5, 0.6) is 0 Å². The van der Waals surface area contributed by atoms with Crippen molar-refractivity contribution in [2.75, 3.05) is 13.1 Å². The largest absolute Gasteiger partial charge is 0.354 e. The molecule has 0 unspecified atom stereocenters. The fourth-order valence-corrected chi connectivity index (χ4v) is 2.56. The molecule has 4 nitrogen and oxygen atoms in total. The predicted octanol–water partition coefficient (Wildman–Crippen LogP) is 2.11. The van der Waals surface area contributed by atoms with Crippen molar-refractivity contribution in [1.29, 1.82) is 0 Å². The van der Waals surface area contributed by atoms with Gasteiger partial charge in [0, 0.05) is 12.1 Å². The van der Waals surface area contributed by atoms with Gasteiger partial charge in [0.25, 0.3) is 5.91 Å². The summed E-state index contributed by atoms with van der Waals surface area (Å²) in [4.78, 5) is 23.5. The van der Waals surface area contributed by atoms with Gasteiger partial charge in [0.15, 0.2) is 0 Å². The van der Waals surface area contributed by atoms with E-state index in [9.17, 15) is 9.59 Å². The Morgan fingerprint density at radius 2 is 1.70 bits per heavy atom. The second-order valence-corrected chi connectivity index (χ2v) is 5.36. The number of benzene rings is 1. The first-order chi connectivity index (χ1) is 9.75. The van der Waals surface area contributed by atoms with E-state index in [-0.39, 0.29) is 18.4 Å². The van der Waals surface area contributed by atoms with Crippen molar-refractivity contribution in [3.05, 3.63) is 35.9 Å². The van der Waals surface area contributed by atoms with Gasteiger partial charge in [-0.1, -0.05) is 37.5 Å². The number of carbonyl (C=O) groups excluding carboxylic acids is 2. The third-order valence-corrected chi connectivity index (χ3v) is 3.76. The second-order valence-electron chi connectivity index (χ2n) is 5.36. The third kappa shape index (κ3) is 4.68. The summed E-state index contributed by atoms with van der Waals surface area (Å²) >= 11 is 0. The third-order valence-electron chi connectivity index (χ3n) is 3.76. The number of carbonyl (C=O) groups is 2. The van der Waals surface area contributed by atoms with Crippen LogP contribution in [0.25, 0.3) is 0 Å². The maximum absolute atomic E-state index is 11.8. The van der Waals surface area contributed by atoms with Gasteiger partial charge >= 0.3 is 0 Å². The van der Waals surface area contributed by atoms with E-state index in [1.165, 1.54) is 32.1 Å². The quantitative estimate of drug-likeness (QED) is 0.864. The van der Waals surface area contributed by atoms with Crippen LogP contribution in [-0.2, 0) is 4.79 Å². The Morgan fingerprint density at radius 1 is 1.00 bits per heavy atom. The van der Waals surface area contributed by atoms with Crippen LogP contribution in [0.3, 0.4) is 0 Å². The number of hydrogen-bond donors (Lipinski definition) is 2. The maximum atomic E-state index is 11.8. The molecule has 0 saturated heterocycles. The van der Waals surface area contributed by atoms with Crippen LogP contribution in [0.4, 0.5) is 0 Å². The van der Waals surface area contributed by atoms with Crippen molar-refractivity contribution in [2.45, 2.75) is 32.1 Å². The van der Waals surface area contributed by atoms with Gasteiger partial charge in [-0.15, -0.1) is 0 Å². The highest BCUT2D eigenvalue weighted by atomic mass is 16.2. The molecule has 20 heavy (non-hydrogen) atoms. The molecule has 1 fully saturated rings. The predicted molar refractivity (Wildman–Crippen MR) is 78.4 cm³/mol. The van der Waals surface area contributed by atoms with Crippen molar-refractivity contribution < 1.29 is 9.59 Å². The smallest absolute Gasteiger partial charge is 0.251 e. The van der Waals surface area contributed by atoms with E-state index in [2.05, 4.69) is 10.6 Å². The Kier molecular flexibility index (Phi) is 5.59. The molecule has 108 valence electrons. The Hall–Kier alpha value is -1.84. The van der Waals surface area contributed by atoms with Gasteiger partial charge in [-0.05, 0) is 30.9 Å². The van der Waals surface area contributed by atoms with Gasteiger partial charge in [-0.25, -0.2) is 0 Å². The van der Waals surface area contributed by atoms with Crippen molar-refractivity contribution in [3.8, 4) is 0 Å². The lowest BCUT2D eigenvalue weighted by Gasteiger charge is -2.21. The number of hydrogen-bond acceptors (Lipinski definition) is 2. The molecular formula is C16H22N2O2. The highest BCUT2D eigenvalue weighted by Crippen LogP contribution is 2.22. The summed E-state index contributed by atoms with van der Waals surface area (Å²) in [6.07, 6.45) is 6.27. The van der Waals surface area contributed by atoms with E-state index < -0.39 is 0 Å². The van der Waals surface area contributed by atoms with E-state index in [1.807, 2.05) is 6.07 Å². The number of nitrogens with one attached hydrogen (secondary N) is 2. The summed E-state index contributed by atoms with van der Waals surface area (Å²) in [5, 5.41) is 5.54. The van der Waals surface area contributed by atoms with Crippen LogP contribution in [0.15, 0.2) is 30.3 Å².